The number of rotatable bonds is 7. The van der Waals surface area contributed by atoms with Crippen molar-refractivity contribution >= 4 is 5.97 Å². The Bertz CT molecular complexity index is 200. The Kier molecular flexibility index (Phi) is 5.09. The van der Waals surface area contributed by atoms with E-state index >= 15 is 0 Å². The molecule has 1 saturated carbocycles. The molecule has 0 saturated heterocycles. The zero-order valence-electron chi connectivity index (χ0n) is 10.2. The van der Waals surface area contributed by atoms with Crippen LogP contribution in [0.25, 0.3) is 0 Å². The Labute approximate surface area is 92.8 Å². The van der Waals surface area contributed by atoms with Crippen molar-refractivity contribution in [1.82, 2.24) is 4.90 Å². The summed E-state index contributed by atoms with van der Waals surface area (Å²) in [6.45, 7) is 8.75. The molecule has 1 aliphatic carbocycles. The van der Waals surface area contributed by atoms with E-state index in [1.807, 2.05) is 6.92 Å². The van der Waals surface area contributed by atoms with Gasteiger partial charge in [-0.05, 0) is 25.7 Å². The summed E-state index contributed by atoms with van der Waals surface area (Å²) in [5, 5.41) is 0. The van der Waals surface area contributed by atoms with Gasteiger partial charge in [-0.15, -0.1) is 0 Å². The number of nitrogens with zero attached hydrogens (tertiary/aromatic N) is 1. The minimum atomic E-state index is -0.0630. The highest BCUT2D eigenvalue weighted by molar-refractivity contribution is 5.69. The lowest BCUT2D eigenvalue weighted by Crippen LogP contribution is -2.32. The van der Waals surface area contributed by atoms with Gasteiger partial charge in [0.1, 0.15) is 0 Å². The van der Waals surface area contributed by atoms with E-state index in [2.05, 4.69) is 18.7 Å². The third-order valence-electron chi connectivity index (χ3n) is 2.57. The lowest BCUT2D eigenvalue weighted by molar-refractivity contribution is -0.143. The summed E-state index contributed by atoms with van der Waals surface area (Å²) < 4.78 is 4.93. The van der Waals surface area contributed by atoms with Crippen LogP contribution in [0.2, 0.25) is 0 Å². The third kappa shape index (κ3) is 5.17. The third-order valence-corrected chi connectivity index (χ3v) is 2.57. The van der Waals surface area contributed by atoms with Crippen LogP contribution in [0.15, 0.2) is 0 Å². The molecule has 1 rings (SSSR count). The van der Waals surface area contributed by atoms with Gasteiger partial charge in [-0.2, -0.15) is 0 Å². The first-order valence-electron chi connectivity index (χ1n) is 6.03. The normalized spacial score (nSPS) is 16.1. The molecule has 0 aromatic rings. The van der Waals surface area contributed by atoms with Crippen molar-refractivity contribution in [3.05, 3.63) is 0 Å². The van der Waals surface area contributed by atoms with E-state index in [1.54, 1.807) is 0 Å². The minimum Gasteiger partial charge on any atom is -0.466 e. The molecule has 0 unspecified atom stereocenters. The van der Waals surface area contributed by atoms with E-state index in [1.165, 1.54) is 12.8 Å². The van der Waals surface area contributed by atoms with Crippen molar-refractivity contribution in [3.8, 4) is 0 Å². The van der Waals surface area contributed by atoms with Crippen molar-refractivity contribution in [2.24, 2.45) is 5.92 Å². The Morgan fingerprint density at radius 2 is 2.13 bits per heavy atom. The summed E-state index contributed by atoms with van der Waals surface area (Å²) in [6, 6.07) is 0.738. The zero-order valence-corrected chi connectivity index (χ0v) is 10.2. The lowest BCUT2D eigenvalue weighted by atomic mass is 10.2. The molecule has 1 aliphatic rings. The molecule has 0 aromatic carbocycles. The topological polar surface area (TPSA) is 29.5 Å². The number of esters is 1. The van der Waals surface area contributed by atoms with Crippen LogP contribution in [0.3, 0.4) is 0 Å². The molecule has 0 amide bonds. The second kappa shape index (κ2) is 6.11. The first kappa shape index (κ1) is 12.5. The van der Waals surface area contributed by atoms with Crippen molar-refractivity contribution in [2.75, 3.05) is 19.7 Å². The smallest absolute Gasteiger partial charge is 0.307 e. The molecule has 1 fully saturated rings. The minimum absolute atomic E-state index is 0.0630. The van der Waals surface area contributed by atoms with Gasteiger partial charge in [0.2, 0.25) is 0 Å². The molecule has 15 heavy (non-hydrogen) atoms. The predicted molar refractivity (Wildman–Crippen MR) is 60.7 cm³/mol. The van der Waals surface area contributed by atoms with Gasteiger partial charge in [0.25, 0.3) is 0 Å². The summed E-state index contributed by atoms with van der Waals surface area (Å²) in [5.41, 5.74) is 0. The molecule has 0 aromatic heterocycles. The van der Waals surface area contributed by atoms with E-state index < -0.39 is 0 Å². The molecular formula is C12H23NO2. The summed E-state index contributed by atoms with van der Waals surface area (Å²) >= 11 is 0. The first-order valence-corrected chi connectivity index (χ1v) is 6.03. The standard InChI is InChI=1S/C12H23NO2/c1-4-15-12(14)7-8-13(9-10(2)3)11-5-6-11/h10-11H,4-9H2,1-3H3. The zero-order chi connectivity index (χ0) is 11.3. The molecule has 0 N–H and O–H groups in total. The number of carbonyl (C=O) groups excluding carboxylic acids is 1. The summed E-state index contributed by atoms with van der Waals surface area (Å²) in [7, 11) is 0. The maximum atomic E-state index is 11.2. The average Bonchev–Trinajstić information content (AvgIpc) is 2.95. The van der Waals surface area contributed by atoms with E-state index in [4.69, 9.17) is 4.74 Å². The lowest BCUT2D eigenvalue weighted by Gasteiger charge is -2.23. The van der Waals surface area contributed by atoms with Crippen LogP contribution in [0.1, 0.15) is 40.0 Å². The van der Waals surface area contributed by atoms with Crippen molar-refractivity contribution in [3.63, 3.8) is 0 Å². The average molecular weight is 213 g/mol. The molecule has 0 atom stereocenters. The maximum Gasteiger partial charge on any atom is 0.307 e. The Hall–Kier alpha value is -0.570. The molecule has 88 valence electrons. The van der Waals surface area contributed by atoms with E-state index in [0.29, 0.717) is 18.9 Å². The summed E-state index contributed by atoms with van der Waals surface area (Å²) in [4.78, 5) is 13.7. The van der Waals surface area contributed by atoms with Crippen LogP contribution in [-0.2, 0) is 9.53 Å². The Morgan fingerprint density at radius 1 is 1.47 bits per heavy atom. The van der Waals surface area contributed by atoms with Crippen LogP contribution in [0, 0.1) is 5.92 Å². The SMILES string of the molecule is CCOC(=O)CCN(CC(C)C)C1CC1. The highest BCUT2D eigenvalue weighted by Crippen LogP contribution is 2.27. The molecule has 0 bridgehead atoms. The van der Waals surface area contributed by atoms with Crippen LogP contribution in [0.5, 0.6) is 0 Å². The molecule has 0 aliphatic heterocycles. The highest BCUT2D eigenvalue weighted by Gasteiger charge is 2.29. The van der Waals surface area contributed by atoms with Gasteiger partial charge < -0.3 is 4.74 Å². The Morgan fingerprint density at radius 3 is 2.60 bits per heavy atom. The number of carbonyl (C=O) groups is 1. The second-order valence-electron chi connectivity index (χ2n) is 4.67. The molecular weight excluding hydrogens is 190 g/mol. The quantitative estimate of drug-likeness (QED) is 0.606. The van der Waals surface area contributed by atoms with Gasteiger partial charge in [0, 0.05) is 19.1 Å². The monoisotopic (exact) mass is 213 g/mol. The van der Waals surface area contributed by atoms with E-state index in [0.717, 1.165) is 19.1 Å². The van der Waals surface area contributed by atoms with Gasteiger partial charge in [-0.3, -0.25) is 9.69 Å². The van der Waals surface area contributed by atoms with Crippen LogP contribution in [0.4, 0.5) is 0 Å². The van der Waals surface area contributed by atoms with Gasteiger partial charge in [0.15, 0.2) is 0 Å². The van der Waals surface area contributed by atoms with Crippen LogP contribution >= 0.6 is 0 Å². The van der Waals surface area contributed by atoms with E-state index in [9.17, 15) is 4.79 Å². The molecule has 0 spiro atoms. The van der Waals surface area contributed by atoms with Crippen molar-refractivity contribution in [2.45, 2.75) is 46.1 Å². The number of hydrogen-bond donors (Lipinski definition) is 0. The fraction of sp³-hybridized carbons (Fsp3) is 0.917. The van der Waals surface area contributed by atoms with Crippen LogP contribution in [-0.4, -0.2) is 36.6 Å². The first-order chi connectivity index (χ1) is 7.13. The summed E-state index contributed by atoms with van der Waals surface area (Å²) in [6.07, 6.45) is 3.14. The second-order valence-corrected chi connectivity index (χ2v) is 4.67. The summed E-state index contributed by atoms with van der Waals surface area (Å²) in [5.74, 6) is 0.611. The molecule has 0 radical (unpaired) electrons. The maximum absolute atomic E-state index is 11.2. The molecule has 3 heteroatoms. The highest BCUT2D eigenvalue weighted by atomic mass is 16.5. The number of ether oxygens (including phenoxy) is 1. The largest absolute Gasteiger partial charge is 0.466 e. The Balaban J connectivity index is 2.22. The van der Waals surface area contributed by atoms with Crippen LogP contribution < -0.4 is 0 Å². The molecule has 3 nitrogen and oxygen atoms in total. The van der Waals surface area contributed by atoms with Gasteiger partial charge in [0.05, 0.1) is 13.0 Å². The number of hydrogen-bond acceptors (Lipinski definition) is 3. The fourth-order valence-corrected chi connectivity index (χ4v) is 1.80. The van der Waals surface area contributed by atoms with Crippen molar-refractivity contribution < 1.29 is 9.53 Å². The van der Waals surface area contributed by atoms with Gasteiger partial charge >= 0.3 is 5.97 Å². The van der Waals surface area contributed by atoms with Crippen molar-refractivity contribution in [1.29, 1.82) is 0 Å². The van der Waals surface area contributed by atoms with Gasteiger partial charge in [-0.25, -0.2) is 0 Å². The van der Waals surface area contributed by atoms with E-state index in [-0.39, 0.29) is 5.97 Å². The predicted octanol–water partition coefficient (Wildman–Crippen LogP) is 2.06. The molecule has 0 heterocycles. The fourth-order valence-electron chi connectivity index (χ4n) is 1.80. The van der Waals surface area contributed by atoms with Gasteiger partial charge in [-0.1, -0.05) is 13.8 Å².